The average molecular weight is 518 g/mol. The first-order chi connectivity index (χ1) is 18.5. The number of imidazole rings is 1. The van der Waals surface area contributed by atoms with Crippen LogP contribution in [0.3, 0.4) is 0 Å². The summed E-state index contributed by atoms with van der Waals surface area (Å²) in [6.45, 7) is 0.359. The molecular weight excluding hydrogens is 486 g/mol. The number of aromatic nitrogens is 3. The molecule has 2 atom stereocenters. The SMILES string of the molecule is Nc1nccc2c1n(-c1ccc(Oc3ccccc3)cc1)c(=O)n2[C@@H]1CCCN(C(=O)C(CO)CCO)C1. The lowest BCUT2D eigenvalue weighted by atomic mass is 10.0. The lowest BCUT2D eigenvalue weighted by Gasteiger charge is -2.35. The molecule has 0 spiro atoms. The van der Waals surface area contributed by atoms with E-state index >= 15 is 0 Å². The van der Waals surface area contributed by atoms with Gasteiger partial charge in [-0.1, -0.05) is 18.2 Å². The molecule has 10 nitrogen and oxygen atoms in total. The number of anilines is 1. The van der Waals surface area contributed by atoms with E-state index in [1.54, 1.807) is 50.6 Å². The van der Waals surface area contributed by atoms with E-state index in [0.717, 1.165) is 0 Å². The number of nitrogen functional groups attached to an aromatic ring is 1. The second-order valence-electron chi connectivity index (χ2n) is 9.43. The molecule has 0 aliphatic carbocycles. The van der Waals surface area contributed by atoms with E-state index in [0.29, 0.717) is 54.2 Å². The molecule has 2 aromatic carbocycles. The fourth-order valence-corrected chi connectivity index (χ4v) is 5.14. The summed E-state index contributed by atoms with van der Waals surface area (Å²) >= 11 is 0. The highest BCUT2D eigenvalue weighted by molar-refractivity contribution is 5.87. The van der Waals surface area contributed by atoms with Gasteiger partial charge in [0.15, 0.2) is 0 Å². The van der Waals surface area contributed by atoms with Gasteiger partial charge in [0.1, 0.15) is 22.8 Å². The molecule has 10 heteroatoms. The van der Waals surface area contributed by atoms with Crippen LogP contribution >= 0.6 is 0 Å². The number of aliphatic hydroxyl groups excluding tert-OH is 2. The van der Waals surface area contributed by atoms with Crippen molar-refractivity contribution in [2.24, 2.45) is 5.92 Å². The van der Waals surface area contributed by atoms with Gasteiger partial charge in [-0.2, -0.15) is 0 Å². The first kappa shape index (κ1) is 25.5. The van der Waals surface area contributed by atoms with Gasteiger partial charge >= 0.3 is 5.69 Å². The highest BCUT2D eigenvalue weighted by atomic mass is 16.5. The molecule has 4 aromatic rings. The van der Waals surface area contributed by atoms with Crippen LogP contribution in [0.25, 0.3) is 16.7 Å². The highest BCUT2D eigenvalue weighted by Crippen LogP contribution is 2.30. The fourth-order valence-electron chi connectivity index (χ4n) is 5.14. The molecule has 1 fully saturated rings. The molecule has 3 heterocycles. The normalized spacial score (nSPS) is 16.5. The van der Waals surface area contributed by atoms with E-state index in [-0.39, 0.29) is 43.1 Å². The summed E-state index contributed by atoms with van der Waals surface area (Å²) in [6.07, 6.45) is 3.18. The van der Waals surface area contributed by atoms with E-state index in [9.17, 15) is 19.8 Å². The van der Waals surface area contributed by atoms with Gasteiger partial charge in [0.25, 0.3) is 0 Å². The Morgan fingerprint density at radius 1 is 1.08 bits per heavy atom. The maximum Gasteiger partial charge on any atom is 0.334 e. The molecule has 1 amide bonds. The first-order valence-corrected chi connectivity index (χ1v) is 12.7. The van der Waals surface area contributed by atoms with Crippen molar-refractivity contribution in [1.82, 2.24) is 19.0 Å². The molecule has 4 N–H and O–H groups in total. The van der Waals surface area contributed by atoms with Gasteiger partial charge < -0.3 is 25.6 Å². The third kappa shape index (κ3) is 4.88. The van der Waals surface area contributed by atoms with Crippen molar-refractivity contribution in [3.8, 4) is 17.2 Å². The molecule has 198 valence electrons. The topological polar surface area (TPSA) is 136 Å². The van der Waals surface area contributed by atoms with E-state index < -0.39 is 5.92 Å². The number of benzene rings is 2. The Labute approximate surface area is 219 Å². The Morgan fingerprint density at radius 3 is 2.53 bits per heavy atom. The summed E-state index contributed by atoms with van der Waals surface area (Å²) in [4.78, 5) is 32.8. The molecule has 1 saturated heterocycles. The van der Waals surface area contributed by atoms with Gasteiger partial charge in [-0.3, -0.25) is 13.9 Å². The van der Waals surface area contributed by atoms with Crippen LogP contribution in [0, 0.1) is 5.92 Å². The number of aliphatic hydroxyl groups is 2. The van der Waals surface area contributed by atoms with Crippen molar-refractivity contribution in [3.63, 3.8) is 0 Å². The zero-order valence-electron chi connectivity index (χ0n) is 20.9. The van der Waals surface area contributed by atoms with Crippen LogP contribution in [0.15, 0.2) is 71.7 Å². The van der Waals surface area contributed by atoms with Crippen molar-refractivity contribution in [2.75, 3.05) is 32.0 Å². The summed E-state index contributed by atoms with van der Waals surface area (Å²) in [6, 6.07) is 18.1. The van der Waals surface area contributed by atoms with Crippen molar-refractivity contribution in [1.29, 1.82) is 0 Å². The predicted molar refractivity (Wildman–Crippen MR) is 143 cm³/mol. The molecule has 0 bridgehead atoms. The minimum Gasteiger partial charge on any atom is -0.457 e. The molecule has 1 aliphatic rings. The summed E-state index contributed by atoms with van der Waals surface area (Å²) in [5.41, 5.74) is 7.77. The van der Waals surface area contributed by atoms with Crippen LogP contribution in [-0.4, -0.2) is 61.4 Å². The van der Waals surface area contributed by atoms with Crippen LogP contribution in [-0.2, 0) is 4.79 Å². The second-order valence-corrected chi connectivity index (χ2v) is 9.43. The van der Waals surface area contributed by atoms with Gasteiger partial charge in [-0.05, 0) is 61.7 Å². The molecule has 0 radical (unpaired) electrons. The van der Waals surface area contributed by atoms with Gasteiger partial charge in [-0.15, -0.1) is 0 Å². The van der Waals surface area contributed by atoms with Crippen LogP contribution < -0.4 is 16.2 Å². The van der Waals surface area contributed by atoms with Gasteiger partial charge in [-0.25, -0.2) is 9.78 Å². The molecule has 1 unspecified atom stereocenters. The smallest absolute Gasteiger partial charge is 0.334 e. The number of para-hydroxylation sites is 1. The molecular formula is C28H31N5O5. The number of carbonyl (C=O) groups excluding carboxylic acids is 1. The van der Waals surface area contributed by atoms with Gasteiger partial charge in [0, 0.05) is 25.9 Å². The summed E-state index contributed by atoms with van der Waals surface area (Å²) in [5.74, 6) is 0.702. The second kappa shape index (κ2) is 11.1. The van der Waals surface area contributed by atoms with Crippen LogP contribution in [0.5, 0.6) is 11.5 Å². The number of carbonyl (C=O) groups is 1. The van der Waals surface area contributed by atoms with E-state index in [4.69, 9.17) is 10.5 Å². The van der Waals surface area contributed by atoms with Crippen molar-refractivity contribution in [3.05, 3.63) is 77.3 Å². The number of amides is 1. The lowest BCUT2D eigenvalue weighted by Crippen LogP contribution is -2.46. The summed E-state index contributed by atoms with van der Waals surface area (Å²) in [7, 11) is 0. The van der Waals surface area contributed by atoms with Gasteiger partial charge in [0.2, 0.25) is 5.91 Å². The minimum atomic E-state index is -0.659. The number of hydrogen-bond acceptors (Lipinski definition) is 7. The Kier molecular flexibility index (Phi) is 7.43. The monoisotopic (exact) mass is 517 g/mol. The number of nitrogens with two attached hydrogens (primary N) is 1. The number of fused-ring (bicyclic) bond motifs is 1. The lowest BCUT2D eigenvalue weighted by molar-refractivity contribution is -0.139. The van der Waals surface area contributed by atoms with E-state index in [1.165, 1.54) is 0 Å². The number of nitrogens with zero attached hydrogens (tertiary/aromatic N) is 4. The van der Waals surface area contributed by atoms with Crippen molar-refractivity contribution >= 4 is 22.8 Å². The maximum atomic E-state index is 13.9. The van der Waals surface area contributed by atoms with Crippen LogP contribution in [0.2, 0.25) is 0 Å². The maximum absolute atomic E-state index is 13.9. The summed E-state index contributed by atoms with van der Waals surface area (Å²) < 4.78 is 9.13. The number of pyridine rings is 1. The molecule has 2 aromatic heterocycles. The quantitative estimate of drug-likeness (QED) is 0.327. The van der Waals surface area contributed by atoms with E-state index in [1.807, 2.05) is 30.3 Å². The Morgan fingerprint density at radius 2 is 1.82 bits per heavy atom. The third-order valence-corrected chi connectivity index (χ3v) is 7.01. The number of likely N-dealkylation sites (tertiary alicyclic amines) is 1. The number of piperidine rings is 1. The number of rotatable bonds is 8. The molecule has 38 heavy (non-hydrogen) atoms. The Bertz CT molecular complexity index is 1470. The standard InChI is InChI=1S/C28H31N5O5/c29-26-25-24(12-14-30-26)32(21-5-4-15-31(17-21)27(36)19(18-35)13-16-34)28(37)33(25)20-8-10-23(11-9-20)38-22-6-2-1-3-7-22/h1-3,6-12,14,19,21,34-35H,4-5,13,15-18H2,(H2,29,30)/t19?,21-/m1/s1. The zero-order valence-corrected chi connectivity index (χ0v) is 20.9. The first-order valence-electron chi connectivity index (χ1n) is 12.7. The predicted octanol–water partition coefficient (Wildman–Crippen LogP) is 2.72. The molecule has 0 saturated carbocycles. The fraction of sp³-hybridized carbons (Fsp3) is 0.321. The molecule has 5 rings (SSSR count). The number of ether oxygens (including phenoxy) is 1. The van der Waals surface area contributed by atoms with Gasteiger partial charge in [0.05, 0.1) is 29.8 Å². The molecule has 1 aliphatic heterocycles. The third-order valence-electron chi connectivity index (χ3n) is 7.01. The Balaban J connectivity index is 1.50. The van der Waals surface area contributed by atoms with Crippen LogP contribution in [0.1, 0.15) is 25.3 Å². The number of hydrogen-bond donors (Lipinski definition) is 3. The van der Waals surface area contributed by atoms with Crippen LogP contribution in [0.4, 0.5) is 5.82 Å². The highest BCUT2D eigenvalue weighted by Gasteiger charge is 2.31. The van der Waals surface area contributed by atoms with E-state index in [2.05, 4.69) is 4.98 Å². The van der Waals surface area contributed by atoms with Crippen molar-refractivity contribution in [2.45, 2.75) is 25.3 Å². The average Bonchev–Trinajstić information content (AvgIpc) is 3.25. The summed E-state index contributed by atoms with van der Waals surface area (Å²) in [5, 5.41) is 18.9. The largest absolute Gasteiger partial charge is 0.457 e. The zero-order chi connectivity index (χ0) is 26.6. The Hall–Kier alpha value is -4.15. The van der Waals surface area contributed by atoms with Crippen molar-refractivity contribution < 1.29 is 19.7 Å². The minimum absolute atomic E-state index is 0.178.